The molecule has 0 amide bonds. The predicted molar refractivity (Wildman–Crippen MR) is 230 cm³/mol. The van der Waals surface area contributed by atoms with Crippen LogP contribution in [0.25, 0.3) is 39.1 Å². The van der Waals surface area contributed by atoms with Gasteiger partial charge in [-0.25, -0.2) is 8.78 Å². The average Bonchev–Trinajstić information content (AvgIpc) is 3.55. The molecule has 2 heterocycles. The summed E-state index contributed by atoms with van der Waals surface area (Å²) in [5.74, 6) is -0.0526. The minimum Gasteiger partial charge on any atom is -0.497 e. The van der Waals surface area contributed by atoms with Crippen LogP contribution in [0.3, 0.4) is 0 Å². The Morgan fingerprint density at radius 1 is 0.721 bits per heavy atom. The Balaban J connectivity index is 1.29. The average molecular weight is 832 g/mol. The number of hydrogen-bond donors (Lipinski definition) is 0. The molecular weight excluding hydrogens is 786 g/mol. The summed E-state index contributed by atoms with van der Waals surface area (Å²) < 4.78 is 96.4. The van der Waals surface area contributed by atoms with E-state index in [2.05, 4.69) is 37.0 Å². The molecule has 0 spiro atoms. The summed E-state index contributed by atoms with van der Waals surface area (Å²) in [6.07, 6.45) is 2.58. The third-order valence-corrected chi connectivity index (χ3v) is 12.7. The number of morpholine rings is 1. The summed E-state index contributed by atoms with van der Waals surface area (Å²) in [6.45, 7) is 7.13. The number of methoxy groups -OCH3 is 2. The lowest BCUT2D eigenvalue weighted by Gasteiger charge is -2.40. The van der Waals surface area contributed by atoms with Gasteiger partial charge in [0.15, 0.2) is 17.2 Å². The van der Waals surface area contributed by atoms with Gasteiger partial charge in [-0.05, 0) is 113 Å². The highest BCUT2D eigenvalue weighted by Crippen LogP contribution is 2.62. The summed E-state index contributed by atoms with van der Waals surface area (Å²) in [5.41, 5.74) is 5.08. The molecule has 1 fully saturated rings. The number of fused-ring (bicyclic) bond motifs is 8. The van der Waals surface area contributed by atoms with Crippen LogP contribution in [0.4, 0.5) is 27.6 Å². The number of anilines is 1. The maximum Gasteiger partial charge on any atom is 0.416 e. The normalized spacial score (nSPS) is 17.8. The van der Waals surface area contributed by atoms with Crippen LogP contribution in [-0.4, -0.2) is 40.5 Å². The first-order chi connectivity index (χ1) is 29.5. The predicted octanol–water partition coefficient (Wildman–Crippen LogP) is 12.9. The van der Waals surface area contributed by atoms with Crippen molar-refractivity contribution in [2.45, 2.75) is 56.7 Å². The molecule has 0 N–H and O–H groups in total. The second kappa shape index (κ2) is 15.5. The van der Waals surface area contributed by atoms with Gasteiger partial charge in [0, 0.05) is 51.8 Å². The molecule has 6 aromatic carbocycles. The van der Waals surface area contributed by atoms with E-state index >= 15 is 8.78 Å². The molecule has 314 valence electrons. The molecule has 0 bridgehead atoms. The highest BCUT2D eigenvalue weighted by molar-refractivity contribution is 6.09. The van der Waals surface area contributed by atoms with Crippen LogP contribution in [0.1, 0.15) is 72.9 Å². The molecule has 1 saturated heterocycles. The molecule has 0 radical (unpaired) electrons. The zero-order valence-electron chi connectivity index (χ0n) is 34.5. The van der Waals surface area contributed by atoms with E-state index in [-0.39, 0.29) is 11.3 Å². The van der Waals surface area contributed by atoms with Gasteiger partial charge in [0.05, 0.1) is 33.0 Å². The Morgan fingerprint density at radius 3 is 2.10 bits per heavy atom. The van der Waals surface area contributed by atoms with Crippen LogP contribution >= 0.6 is 0 Å². The Bertz CT molecular complexity index is 2680. The van der Waals surface area contributed by atoms with Crippen molar-refractivity contribution in [2.75, 3.05) is 45.4 Å². The number of hydrogen-bond acceptors (Lipinski definition) is 5. The quantitative estimate of drug-likeness (QED) is 0.129. The second-order valence-corrected chi connectivity index (χ2v) is 16.1. The molecule has 1 aliphatic carbocycles. The number of rotatable bonds is 10. The third-order valence-electron chi connectivity index (χ3n) is 12.7. The van der Waals surface area contributed by atoms with Crippen molar-refractivity contribution < 1.29 is 40.9 Å². The molecule has 10 heteroatoms. The minimum atomic E-state index is -4.67. The molecule has 1 atom stereocenters. The Morgan fingerprint density at radius 2 is 1.44 bits per heavy atom. The van der Waals surface area contributed by atoms with Gasteiger partial charge in [0.2, 0.25) is 0 Å². The van der Waals surface area contributed by atoms with E-state index in [4.69, 9.17) is 18.9 Å². The molecule has 61 heavy (non-hydrogen) atoms. The van der Waals surface area contributed by atoms with Gasteiger partial charge in [-0.1, -0.05) is 69.2 Å². The molecule has 5 nitrogen and oxygen atoms in total. The Kier molecular flexibility index (Phi) is 10.3. The van der Waals surface area contributed by atoms with Crippen LogP contribution in [0.15, 0.2) is 103 Å². The lowest BCUT2D eigenvalue weighted by molar-refractivity contribution is -0.137. The van der Waals surface area contributed by atoms with Crippen molar-refractivity contribution in [3.05, 3.63) is 148 Å². The van der Waals surface area contributed by atoms with E-state index in [1.54, 1.807) is 19.2 Å². The van der Waals surface area contributed by atoms with Gasteiger partial charge >= 0.3 is 6.18 Å². The van der Waals surface area contributed by atoms with E-state index < -0.39 is 34.4 Å². The fourth-order valence-corrected chi connectivity index (χ4v) is 10.0. The smallest absolute Gasteiger partial charge is 0.416 e. The van der Waals surface area contributed by atoms with Gasteiger partial charge in [0.25, 0.3) is 0 Å². The summed E-state index contributed by atoms with van der Waals surface area (Å²) in [7, 11) is 3.06. The fraction of sp³-hybridized carbons (Fsp3) is 0.294. The Hall–Kier alpha value is -5.87. The molecule has 1 unspecified atom stereocenters. The van der Waals surface area contributed by atoms with Crippen molar-refractivity contribution in [2.24, 2.45) is 0 Å². The lowest BCUT2D eigenvalue weighted by atomic mass is 9.69. The zero-order chi connectivity index (χ0) is 42.7. The highest BCUT2D eigenvalue weighted by atomic mass is 19.4. The summed E-state index contributed by atoms with van der Waals surface area (Å²) in [6, 6.07) is 27.5. The monoisotopic (exact) mass is 831 g/mol. The van der Waals surface area contributed by atoms with Crippen molar-refractivity contribution in [3.63, 3.8) is 0 Å². The molecule has 6 aromatic rings. The maximum absolute atomic E-state index is 15.8. The fourth-order valence-electron chi connectivity index (χ4n) is 10.0. The molecule has 0 aromatic heterocycles. The number of nitrogens with zero attached hydrogens (tertiary/aromatic N) is 1. The minimum absolute atomic E-state index is 0.0987. The summed E-state index contributed by atoms with van der Waals surface area (Å²) in [5, 5.41) is 1.72. The SMILES string of the molecule is CCCC1(CCC)c2cc(-c3ccc(C(F)(F)F)cc3F)ccc2-c2c1c1c(c3ccc(OC)cc23)OC(c2ccc(N3CCOCC3)cc2)(c2ccc(OC)c(F)c2)C=C1. The van der Waals surface area contributed by atoms with E-state index in [1.165, 1.54) is 19.2 Å². The second-order valence-electron chi connectivity index (χ2n) is 16.1. The molecular formula is C51H46F5NO4. The first-order valence-electron chi connectivity index (χ1n) is 20.8. The molecule has 9 rings (SSSR count). The largest absolute Gasteiger partial charge is 0.497 e. The van der Waals surface area contributed by atoms with Gasteiger partial charge < -0.3 is 23.8 Å². The van der Waals surface area contributed by atoms with E-state index in [9.17, 15) is 13.2 Å². The van der Waals surface area contributed by atoms with Gasteiger partial charge in [-0.3, -0.25) is 0 Å². The zero-order valence-corrected chi connectivity index (χ0v) is 34.5. The standard InChI is InChI=1S/C51H46F5NO4/c1-5-20-49(21-6-2)42-27-31(37-16-10-34(29-43(37)52)51(54,55)56)7-15-39(42)46-41-30-36(58-3)14-17-38(41)48-40(47(46)49)19-22-50(61-48,33-11-18-45(59-4)44(53)28-33)32-8-12-35(13-9-32)57-23-25-60-26-24-57/h7-19,22,27-30H,5-6,20-21,23-26H2,1-4H3. The van der Waals surface area contributed by atoms with Crippen molar-refractivity contribution in [3.8, 4) is 39.5 Å². The maximum atomic E-state index is 15.8. The third kappa shape index (κ3) is 6.61. The van der Waals surface area contributed by atoms with E-state index in [0.29, 0.717) is 41.9 Å². The first kappa shape index (κ1) is 40.5. The molecule has 3 aliphatic rings. The van der Waals surface area contributed by atoms with E-state index in [0.717, 1.165) is 94.7 Å². The number of alkyl halides is 3. The summed E-state index contributed by atoms with van der Waals surface area (Å²) in [4.78, 5) is 2.28. The summed E-state index contributed by atoms with van der Waals surface area (Å²) >= 11 is 0. The lowest BCUT2D eigenvalue weighted by Crippen LogP contribution is -2.37. The Labute approximate surface area is 352 Å². The van der Waals surface area contributed by atoms with Gasteiger partial charge in [-0.15, -0.1) is 0 Å². The van der Waals surface area contributed by atoms with Crippen LogP contribution < -0.4 is 19.1 Å². The van der Waals surface area contributed by atoms with Crippen molar-refractivity contribution in [1.29, 1.82) is 0 Å². The molecule has 0 saturated carbocycles. The molecule has 2 aliphatic heterocycles. The number of benzene rings is 6. The topological polar surface area (TPSA) is 40.2 Å². The number of ether oxygens (including phenoxy) is 4. The van der Waals surface area contributed by atoms with Crippen LogP contribution in [0.5, 0.6) is 17.2 Å². The van der Waals surface area contributed by atoms with Crippen molar-refractivity contribution in [1.82, 2.24) is 0 Å². The van der Waals surface area contributed by atoms with Crippen LogP contribution in [-0.2, 0) is 21.9 Å². The van der Waals surface area contributed by atoms with Crippen molar-refractivity contribution >= 4 is 22.5 Å². The van der Waals surface area contributed by atoms with Crippen LogP contribution in [0, 0.1) is 11.6 Å². The first-order valence-corrected chi connectivity index (χ1v) is 20.8. The van der Waals surface area contributed by atoms with Gasteiger partial charge in [0.1, 0.15) is 17.3 Å². The van der Waals surface area contributed by atoms with Crippen LogP contribution in [0.2, 0.25) is 0 Å². The highest BCUT2D eigenvalue weighted by Gasteiger charge is 2.48. The number of halogens is 5. The van der Waals surface area contributed by atoms with Gasteiger partial charge in [-0.2, -0.15) is 13.2 Å². The van der Waals surface area contributed by atoms with E-state index in [1.807, 2.05) is 54.6 Å².